The molecule has 0 radical (unpaired) electrons. The van der Waals surface area contributed by atoms with Gasteiger partial charge in [-0.15, -0.1) is 0 Å². The average molecular weight is 218 g/mol. The molecule has 1 aliphatic rings. The van der Waals surface area contributed by atoms with Crippen LogP contribution in [-0.4, -0.2) is 18.6 Å². The number of aromatic nitrogens is 1. The van der Waals surface area contributed by atoms with E-state index in [9.17, 15) is 0 Å². The van der Waals surface area contributed by atoms with E-state index < -0.39 is 0 Å². The zero-order chi connectivity index (χ0) is 11.4. The van der Waals surface area contributed by atoms with Gasteiger partial charge in [0.15, 0.2) is 0 Å². The van der Waals surface area contributed by atoms with E-state index in [0.29, 0.717) is 5.88 Å². The molecular weight excluding hydrogens is 200 g/mol. The van der Waals surface area contributed by atoms with Crippen LogP contribution in [0.15, 0.2) is 24.5 Å². The minimum Gasteiger partial charge on any atom is -0.481 e. The Bertz CT molecular complexity index is 370. The number of hydrogen-bond acceptors (Lipinski definition) is 3. The summed E-state index contributed by atoms with van der Waals surface area (Å²) in [6.07, 6.45) is 6.34. The lowest BCUT2D eigenvalue weighted by Gasteiger charge is -2.22. The lowest BCUT2D eigenvalue weighted by atomic mass is 9.91. The van der Waals surface area contributed by atoms with Gasteiger partial charge in [-0.2, -0.15) is 0 Å². The first kappa shape index (κ1) is 11.0. The molecule has 0 aromatic carbocycles. The summed E-state index contributed by atoms with van der Waals surface area (Å²) in [5, 5.41) is 3.34. The Balaban J connectivity index is 2.14. The van der Waals surface area contributed by atoms with E-state index in [1.54, 1.807) is 7.11 Å². The lowest BCUT2D eigenvalue weighted by molar-refractivity contribution is 0.398. The molecular formula is C13H18N2O. The second-order valence-electron chi connectivity index (χ2n) is 4.15. The van der Waals surface area contributed by atoms with Crippen molar-refractivity contribution >= 4 is 5.57 Å². The first-order chi connectivity index (χ1) is 7.83. The second kappa shape index (κ2) is 5.01. The summed E-state index contributed by atoms with van der Waals surface area (Å²) >= 11 is 0. The first-order valence-electron chi connectivity index (χ1n) is 5.76. The minimum atomic E-state index is 0.667. The van der Waals surface area contributed by atoms with Crippen molar-refractivity contribution in [3.8, 4) is 5.88 Å². The topological polar surface area (TPSA) is 34.1 Å². The van der Waals surface area contributed by atoms with Crippen LogP contribution in [0.2, 0.25) is 0 Å². The van der Waals surface area contributed by atoms with Crippen LogP contribution in [-0.2, 0) is 0 Å². The summed E-state index contributed by atoms with van der Waals surface area (Å²) in [6, 6.07) is 3.98. The van der Waals surface area contributed by atoms with Gasteiger partial charge in [0, 0.05) is 25.0 Å². The molecule has 2 rings (SSSR count). The second-order valence-corrected chi connectivity index (χ2v) is 4.15. The third-order valence-corrected chi connectivity index (χ3v) is 3.09. The van der Waals surface area contributed by atoms with Crippen LogP contribution >= 0.6 is 0 Å². The fraction of sp³-hybridized carbons (Fsp3) is 0.462. The van der Waals surface area contributed by atoms with Crippen LogP contribution in [0.1, 0.15) is 25.3 Å². The monoisotopic (exact) mass is 218 g/mol. The number of allylic oxidation sites excluding steroid dienone is 1. The molecule has 3 heteroatoms. The molecule has 3 nitrogen and oxygen atoms in total. The van der Waals surface area contributed by atoms with Gasteiger partial charge in [-0.25, -0.2) is 4.98 Å². The molecule has 0 saturated heterocycles. The highest BCUT2D eigenvalue weighted by Crippen LogP contribution is 2.26. The summed E-state index contributed by atoms with van der Waals surface area (Å²) in [7, 11) is 1.64. The molecule has 0 fully saturated rings. The Kier molecular flexibility index (Phi) is 3.44. The number of ether oxygens (including phenoxy) is 1. The normalized spacial score (nSPS) is 19.9. The smallest absolute Gasteiger partial charge is 0.212 e. The molecule has 16 heavy (non-hydrogen) atoms. The molecule has 1 N–H and O–H groups in total. The van der Waals surface area contributed by atoms with Crippen molar-refractivity contribution in [2.24, 2.45) is 5.92 Å². The maximum absolute atomic E-state index is 5.05. The largest absolute Gasteiger partial charge is 0.481 e. The molecule has 0 saturated carbocycles. The van der Waals surface area contributed by atoms with E-state index in [2.05, 4.69) is 29.5 Å². The van der Waals surface area contributed by atoms with E-state index >= 15 is 0 Å². The Morgan fingerprint density at radius 2 is 2.38 bits per heavy atom. The third-order valence-electron chi connectivity index (χ3n) is 3.09. The first-order valence-corrected chi connectivity index (χ1v) is 5.76. The molecule has 0 bridgehead atoms. The van der Waals surface area contributed by atoms with Crippen molar-refractivity contribution in [2.45, 2.75) is 19.8 Å². The van der Waals surface area contributed by atoms with Gasteiger partial charge in [0.1, 0.15) is 0 Å². The summed E-state index contributed by atoms with van der Waals surface area (Å²) in [4.78, 5) is 4.23. The van der Waals surface area contributed by atoms with Crippen molar-refractivity contribution in [1.29, 1.82) is 0 Å². The molecule has 1 unspecified atom stereocenters. The maximum Gasteiger partial charge on any atom is 0.212 e. The maximum atomic E-state index is 5.05. The van der Waals surface area contributed by atoms with Crippen LogP contribution < -0.4 is 10.1 Å². The highest BCUT2D eigenvalue weighted by molar-refractivity contribution is 5.65. The molecule has 1 aromatic heterocycles. The molecule has 0 spiro atoms. The Hall–Kier alpha value is -1.51. The van der Waals surface area contributed by atoms with Gasteiger partial charge in [-0.1, -0.05) is 13.3 Å². The van der Waals surface area contributed by atoms with Gasteiger partial charge >= 0.3 is 0 Å². The Morgan fingerprint density at radius 3 is 3.00 bits per heavy atom. The van der Waals surface area contributed by atoms with Crippen molar-refractivity contribution in [3.05, 3.63) is 30.1 Å². The third kappa shape index (κ3) is 2.35. The number of hydrogen-bond donors (Lipinski definition) is 1. The van der Waals surface area contributed by atoms with Gasteiger partial charge < -0.3 is 10.1 Å². The van der Waals surface area contributed by atoms with Crippen molar-refractivity contribution in [2.75, 3.05) is 13.7 Å². The van der Waals surface area contributed by atoms with Crippen LogP contribution in [0.5, 0.6) is 5.88 Å². The number of methoxy groups -OCH3 is 1. The molecule has 1 atom stereocenters. The van der Waals surface area contributed by atoms with Gasteiger partial charge in [0.05, 0.1) is 7.11 Å². The molecule has 1 aliphatic heterocycles. The minimum absolute atomic E-state index is 0.667. The van der Waals surface area contributed by atoms with E-state index in [1.807, 2.05) is 12.3 Å². The molecule has 2 heterocycles. The highest BCUT2D eigenvalue weighted by atomic mass is 16.5. The molecule has 0 amide bonds. The van der Waals surface area contributed by atoms with Crippen molar-refractivity contribution in [3.63, 3.8) is 0 Å². The van der Waals surface area contributed by atoms with E-state index in [-0.39, 0.29) is 0 Å². The SMILES string of the molecule is CCC1CNC=C(c2ccc(OC)nc2)C1. The predicted molar refractivity (Wildman–Crippen MR) is 65.2 cm³/mol. The quantitative estimate of drug-likeness (QED) is 0.846. The average Bonchev–Trinajstić information content (AvgIpc) is 2.39. The van der Waals surface area contributed by atoms with Crippen LogP contribution in [0.4, 0.5) is 0 Å². The van der Waals surface area contributed by atoms with Gasteiger partial charge in [0.25, 0.3) is 0 Å². The highest BCUT2D eigenvalue weighted by Gasteiger charge is 2.14. The zero-order valence-electron chi connectivity index (χ0n) is 9.86. The number of rotatable bonds is 3. The Labute approximate surface area is 96.5 Å². The number of nitrogens with one attached hydrogen (secondary N) is 1. The van der Waals surface area contributed by atoms with E-state index in [4.69, 9.17) is 4.74 Å². The zero-order valence-corrected chi connectivity index (χ0v) is 9.86. The van der Waals surface area contributed by atoms with E-state index in [1.165, 1.54) is 17.6 Å². The van der Waals surface area contributed by atoms with Crippen LogP contribution in [0, 0.1) is 5.92 Å². The van der Waals surface area contributed by atoms with Crippen LogP contribution in [0.3, 0.4) is 0 Å². The lowest BCUT2D eigenvalue weighted by Crippen LogP contribution is -2.23. The fourth-order valence-electron chi connectivity index (χ4n) is 1.97. The Morgan fingerprint density at radius 1 is 1.50 bits per heavy atom. The summed E-state index contributed by atoms with van der Waals surface area (Å²) < 4.78 is 5.05. The summed E-state index contributed by atoms with van der Waals surface area (Å²) in [5.41, 5.74) is 2.53. The standard InChI is InChI=1S/C13H18N2O/c1-3-10-6-12(8-14-7-10)11-4-5-13(16-2)15-9-11/h4-5,8-10,14H,3,6-7H2,1-2H3. The van der Waals surface area contributed by atoms with Crippen molar-refractivity contribution < 1.29 is 4.74 Å². The van der Waals surface area contributed by atoms with Crippen LogP contribution in [0.25, 0.3) is 5.57 Å². The van der Waals surface area contributed by atoms with Gasteiger partial charge in [0.2, 0.25) is 5.88 Å². The fourth-order valence-corrected chi connectivity index (χ4v) is 1.97. The van der Waals surface area contributed by atoms with Gasteiger partial charge in [-0.05, 0) is 29.5 Å². The number of pyridine rings is 1. The predicted octanol–water partition coefficient (Wildman–Crippen LogP) is 2.45. The molecule has 1 aromatic rings. The molecule has 0 aliphatic carbocycles. The van der Waals surface area contributed by atoms with E-state index in [0.717, 1.165) is 18.9 Å². The summed E-state index contributed by atoms with van der Waals surface area (Å²) in [5.74, 6) is 1.40. The number of nitrogens with zero attached hydrogens (tertiary/aromatic N) is 1. The summed E-state index contributed by atoms with van der Waals surface area (Å²) in [6.45, 7) is 3.32. The molecule has 86 valence electrons. The van der Waals surface area contributed by atoms with Gasteiger partial charge in [-0.3, -0.25) is 0 Å². The van der Waals surface area contributed by atoms with Crippen molar-refractivity contribution in [1.82, 2.24) is 10.3 Å².